The highest BCUT2D eigenvalue weighted by molar-refractivity contribution is 5.91. The third kappa shape index (κ3) is 4.44. The predicted octanol–water partition coefficient (Wildman–Crippen LogP) is 3.07. The molecule has 1 amide bonds. The first kappa shape index (κ1) is 16.9. The number of halogens is 4. The van der Waals surface area contributed by atoms with Gasteiger partial charge in [-0.2, -0.15) is 0 Å². The van der Waals surface area contributed by atoms with E-state index in [-0.39, 0.29) is 12.5 Å². The summed E-state index contributed by atoms with van der Waals surface area (Å²) in [5.41, 5.74) is -2.22. The van der Waals surface area contributed by atoms with Gasteiger partial charge in [0.2, 0.25) is 5.91 Å². The van der Waals surface area contributed by atoms with Crippen LogP contribution in [-0.4, -0.2) is 17.0 Å². The van der Waals surface area contributed by atoms with Crippen molar-refractivity contribution in [3.05, 3.63) is 29.3 Å². The second-order valence-corrected chi connectivity index (χ2v) is 5.30. The average molecular weight is 307 g/mol. The average Bonchev–Trinajstić information content (AvgIpc) is 2.29. The van der Waals surface area contributed by atoms with E-state index in [0.717, 1.165) is 0 Å². The van der Waals surface area contributed by atoms with Crippen LogP contribution in [-0.2, 0) is 9.59 Å². The SMILES string of the molecule is CC(C)(CC(=O)O)CC(=O)Nc1c(F)c(F)cc(F)c1F. The first-order valence-corrected chi connectivity index (χ1v) is 5.88. The molecule has 8 heteroatoms. The maximum absolute atomic E-state index is 13.4. The van der Waals surface area contributed by atoms with Crippen LogP contribution in [0.15, 0.2) is 6.07 Å². The molecule has 0 aliphatic rings. The number of rotatable bonds is 5. The van der Waals surface area contributed by atoms with Gasteiger partial charge in [-0.1, -0.05) is 13.8 Å². The molecular weight excluding hydrogens is 294 g/mol. The van der Waals surface area contributed by atoms with Crippen molar-refractivity contribution in [1.29, 1.82) is 0 Å². The molecule has 0 atom stereocenters. The van der Waals surface area contributed by atoms with Crippen LogP contribution in [0.5, 0.6) is 0 Å². The third-order valence-corrected chi connectivity index (χ3v) is 2.65. The van der Waals surface area contributed by atoms with Crippen molar-refractivity contribution in [1.82, 2.24) is 0 Å². The zero-order valence-electron chi connectivity index (χ0n) is 11.3. The van der Waals surface area contributed by atoms with E-state index < -0.39 is 52.7 Å². The molecule has 0 bridgehead atoms. The molecule has 0 aliphatic heterocycles. The standard InChI is InChI=1S/C13H13F4NO3/c1-13(2,5-9(20)21)4-8(19)18-12-10(16)6(14)3-7(15)11(12)17/h3H,4-5H2,1-2H3,(H,18,19)(H,20,21). The summed E-state index contributed by atoms with van der Waals surface area (Å²) < 4.78 is 52.7. The molecule has 0 aromatic heterocycles. The first-order valence-electron chi connectivity index (χ1n) is 5.88. The normalized spacial score (nSPS) is 11.3. The molecule has 0 heterocycles. The third-order valence-electron chi connectivity index (χ3n) is 2.65. The zero-order chi connectivity index (χ0) is 16.4. The fourth-order valence-electron chi connectivity index (χ4n) is 1.77. The van der Waals surface area contributed by atoms with Gasteiger partial charge in [0.15, 0.2) is 23.3 Å². The van der Waals surface area contributed by atoms with Crippen molar-refractivity contribution in [2.24, 2.45) is 5.41 Å². The monoisotopic (exact) mass is 307 g/mol. The molecule has 2 N–H and O–H groups in total. The van der Waals surface area contributed by atoms with E-state index in [9.17, 15) is 27.2 Å². The molecule has 0 saturated heterocycles. The lowest BCUT2D eigenvalue weighted by Crippen LogP contribution is -2.25. The van der Waals surface area contributed by atoms with E-state index in [2.05, 4.69) is 0 Å². The number of nitrogens with one attached hydrogen (secondary N) is 1. The van der Waals surface area contributed by atoms with E-state index in [0.29, 0.717) is 0 Å². The Bertz CT molecular complexity index is 561. The van der Waals surface area contributed by atoms with Gasteiger partial charge in [0.05, 0.1) is 6.42 Å². The lowest BCUT2D eigenvalue weighted by Gasteiger charge is -2.21. The minimum absolute atomic E-state index is 0.0225. The van der Waals surface area contributed by atoms with Crippen LogP contribution in [0.4, 0.5) is 23.2 Å². The second kappa shape index (κ2) is 6.11. The van der Waals surface area contributed by atoms with E-state index in [4.69, 9.17) is 5.11 Å². The molecule has 0 fully saturated rings. The number of amides is 1. The molecule has 116 valence electrons. The molecule has 1 rings (SSSR count). The van der Waals surface area contributed by atoms with Gasteiger partial charge in [0.1, 0.15) is 5.69 Å². The van der Waals surface area contributed by atoms with Gasteiger partial charge < -0.3 is 10.4 Å². The number of hydrogen-bond donors (Lipinski definition) is 2. The molecule has 4 nitrogen and oxygen atoms in total. The number of benzene rings is 1. The van der Waals surface area contributed by atoms with Gasteiger partial charge >= 0.3 is 5.97 Å². The Morgan fingerprint density at radius 2 is 1.57 bits per heavy atom. The summed E-state index contributed by atoms with van der Waals surface area (Å²) >= 11 is 0. The number of hydrogen-bond acceptors (Lipinski definition) is 2. The molecule has 0 unspecified atom stereocenters. The van der Waals surface area contributed by atoms with Crippen molar-refractivity contribution in [2.75, 3.05) is 5.32 Å². The summed E-state index contributed by atoms with van der Waals surface area (Å²) in [6, 6.07) is 0.0225. The van der Waals surface area contributed by atoms with Gasteiger partial charge in [0.25, 0.3) is 0 Å². The van der Waals surface area contributed by atoms with Crippen molar-refractivity contribution >= 4 is 17.6 Å². The Morgan fingerprint density at radius 1 is 1.10 bits per heavy atom. The number of aliphatic carboxylic acids is 1. The van der Waals surface area contributed by atoms with Crippen LogP contribution < -0.4 is 5.32 Å². The summed E-state index contributed by atoms with van der Waals surface area (Å²) in [6.07, 6.45) is -0.751. The lowest BCUT2D eigenvalue weighted by atomic mass is 9.85. The van der Waals surface area contributed by atoms with Crippen molar-refractivity contribution in [3.8, 4) is 0 Å². The Balaban J connectivity index is 2.92. The minimum atomic E-state index is -1.72. The first-order chi connectivity index (χ1) is 9.53. The molecule has 1 aromatic carbocycles. The Morgan fingerprint density at radius 3 is 2.00 bits per heavy atom. The van der Waals surface area contributed by atoms with Crippen molar-refractivity contribution in [2.45, 2.75) is 26.7 Å². The number of carbonyl (C=O) groups excluding carboxylic acids is 1. The quantitative estimate of drug-likeness (QED) is 0.649. The number of carboxylic acid groups (broad SMARTS) is 1. The summed E-state index contributed by atoms with van der Waals surface area (Å²) in [4.78, 5) is 22.3. The minimum Gasteiger partial charge on any atom is -0.481 e. The zero-order valence-corrected chi connectivity index (χ0v) is 11.3. The smallest absolute Gasteiger partial charge is 0.303 e. The fraction of sp³-hybridized carbons (Fsp3) is 0.385. The van der Waals surface area contributed by atoms with Crippen LogP contribution in [0, 0.1) is 28.7 Å². The lowest BCUT2D eigenvalue weighted by molar-refractivity contribution is -0.139. The molecule has 21 heavy (non-hydrogen) atoms. The Kier molecular flexibility index (Phi) is 4.93. The van der Waals surface area contributed by atoms with Gasteiger partial charge in [0, 0.05) is 12.5 Å². The topological polar surface area (TPSA) is 66.4 Å². The van der Waals surface area contributed by atoms with Crippen molar-refractivity contribution in [3.63, 3.8) is 0 Å². The predicted molar refractivity (Wildman–Crippen MR) is 65.6 cm³/mol. The van der Waals surface area contributed by atoms with Crippen LogP contribution in [0.3, 0.4) is 0 Å². The highest BCUT2D eigenvalue weighted by Gasteiger charge is 2.27. The van der Waals surface area contributed by atoms with E-state index in [1.807, 2.05) is 0 Å². The summed E-state index contributed by atoms with van der Waals surface area (Å²) in [5.74, 6) is -8.84. The molecule has 0 saturated carbocycles. The van der Waals surface area contributed by atoms with Gasteiger partial charge in [-0.15, -0.1) is 0 Å². The number of carbonyl (C=O) groups is 2. The second-order valence-electron chi connectivity index (χ2n) is 5.30. The Labute approximate surface area is 117 Å². The molecule has 1 aromatic rings. The summed E-state index contributed by atoms with van der Waals surface area (Å²) in [6.45, 7) is 2.92. The fourth-order valence-corrected chi connectivity index (χ4v) is 1.77. The van der Waals surface area contributed by atoms with Gasteiger partial charge in [-0.25, -0.2) is 17.6 Å². The van der Waals surface area contributed by atoms with E-state index in [1.54, 1.807) is 5.32 Å². The van der Waals surface area contributed by atoms with E-state index in [1.165, 1.54) is 13.8 Å². The van der Waals surface area contributed by atoms with Gasteiger partial charge in [-0.05, 0) is 5.41 Å². The van der Waals surface area contributed by atoms with E-state index >= 15 is 0 Å². The number of anilines is 1. The van der Waals surface area contributed by atoms with Crippen LogP contribution >= 0.6 is 0 Å². The van der Waals surface area contributed by atoms with Crippen LogP contribution in [0.1, 0.15) is 26.7 Å². The van der Waals surface area contributed by atoms with Gasteiger partial charge in [-0.3, -0.25) is 9.59 Å². The van der Waals surface area contributed by atoms with Crippen LogP contribution in [0.2, 0.25) is 0 Å². The summed E-state index contributed by atoms with van der Waals surface area (Å²) in [7, 11) is 0. The molecule has 0 aliphatic carbocycles. The largest absolute Gasteiger partial charge is 0.481 e. The maximum atomic E-state index is 13.4. The van der Waals surface area contributed by atoms with Crippen molar-refractivity contribution < 1.29 is 32.3 Å². The maximum Gasteiger partial charge on any atom is 0.303 e. The number of carboxylic acids is 1. The highest BCUT2D eigenvalue weighted by atomic mass is 19.2. The highest BCUT2D eigenvalue weighted by Crippen LogP contribution is 2.28. The molecule has 0 spiro atoms. The molecule has 0 radical (unpaired) electrons. The summed E-state index contributed by atoms with van der Waals surface area (Å²) in [5, 5.41) is 10.4. The van der Waals surface area contributed by atoms with Crippen LogP contribution in [0.25, 0.3) is 0 Å². The Hall–Kier alpha value is -2.12. The molecular formula is C13H13F4NO3.